The van der Waals surface area contributed by atoms with Gasteiger partial charge in [-0.2, -0.15) is 5.26 Å². The number of pyridine rings is 1. The Morgan fingerprint density at radius 3 is 2.93 bits per heavy atom. The van der Waals surface area contributed by atoms with Gasteiger partial charge < -0.3 is 15.4 Å². The van der Waals surface area contributed by atoms with Crippen LogP contribution in [-0.4, -0.2) is 31.2 Å². The van der Waals surface area contributed by atoms with Crippen molar-refractivity contribution < 1.29 is 4.74 Å². The first-order valence-electron chi connectivity index (χ1n) is 9.50. The predicted molar refractivity (Wildman–Crippen MR) is 107 cm³/mol. The van der Waals surface area contributed by atoms with Crippen LogP contribution in [0.2, 0.25) is 0 Å². The highest BCUT2D eigenvalue weighted by Gasteiger charge is 2.20. The van der Waals surface area contributed by atoms with E-state index < -0.39 is 0 Å². The van der Waals surface area contributed by atoms with Crippen molar-refractivity contribution in [2.24, 2.45) is 0 Å². The van der Waals surface area contributed by atoms with E-state index in [0.717, 1.165) is 43.4 Å². The molecule has 0 amide bonds. The molecule has 2 aromatic rings. The maximum Gasteiger partial charge on any atom is 0.132 e. The van der Waals surface area contributed by atoms with Gasteiger partial charge in [-0.25, -0.2) is 0 Å². The van der Waals surface area contributed by atoms with Crippen molar-refractivity contribution in [2.45, 2.75) is 31.2 Å². The molecule has 2 aliphatic rings. The standard InChI is InChI=1S/C22H24N4O/c1-27-22-3-2-15(10-18(22)13-23)17-11-16-4-7-25-14-20(16)21(12-17)26-19-5-8-24-9-6-19/h3-4,7,10-12,14-15,19,24,26H,2,5-6,8-9H2,1H3. The number of rotatable bonds is 4. The third-order valence-electron chi connectivity index (χ3n) is 5.44. The third-order valence-corrected chi connectivity index (χ3v) is 5.44. The van der Waals surface area contributed by atoms with Gasteiger partial charge in [0, 0.05) is 35.4 Å². The third kappa shape index (κ3) is 3.67. The molecule has 1 fully saturated rings. The monoisotopic (exact) mass is 360 g/mol. The molecule has 1 aliphatic carbocycles. The maximum absolute atomic E-state index is 9.43. The van der Waals surface area contributed by atoms with Gasteiger partial charge in [0.1, 0.15) is 11.8 Å². The Balaban J connectivity index is 1.71. The fourth-order valence-corrected chi connectivity index (χ4v) is 3.95. The molecule has 0 spiro atoms. The minimum absolute atomic E-state index is 0.171. The summed E-state index contributed by atoms with van der Waals surface area (Å²) in [6, 6.07) is 9.23. The molecule has 1 aromatic carbocycles. The van der Waals surface area contributed by atoms with E-state index in [9.17, 15) is 5.26 Å². The first kappa shape index (κ1) is 17.6. The van der Waals surface area contributed by atoms with Crippen LogP contribution in [0.4, 0.5) is 5.69 Å². The number of fused-ring (bicyclic) bond motifs is 1. The Bertz CT molecular complexity index is 935. The van der Waals surface area contributed by atoms with Gasteiger partial charge in [-0.1, -0.05) is 12.1 Å². The molecule has 2 N–H and O–H groups in total. The van der Waals surface area contributed by atoms with Crippen LogP contribution in [0.25, 0.3) is 10.8 Å². The van der Waals surface area contributed by atoms with Gasteiger partial charge in [0.2, 0.25) is 0 Å². The number of anilines is 1. The summed E-state index contributed by atoms with van der Waals surface area (Å²) in [5.41, 5.74) is 2.96. The average Bonchev–Trinajstić information content (AvgIpc) is 2.74. The van der Waals surface area contributed by atoms with Gasteiger partial charge in [-0.15, -0.1) is 0 Å². The van der Waals surface area contributed by atoms with Gasteiger partial charge in [0.05, 0.1) is 12.7 Å². The van der Waals surface area contributed by atoms with Gasteiger partial charge in [0.15, 0.2) is 0 Å². The molecule has 1 aromatic heterocycles. The van der Waals surface area contributed by atoms with E-state index in [0.29, 0.717) is 17.4 Å². The quantitative estimate of drug-likeness (QED) is 0.866. The van der Waals surface area contributed by atoms with Crippen molar-refractivity contribution in [3.8, 4) is 6.07 Å². The number of piperidine rings is 1. The second-order valence-corrected chi connectivity index (χ2v) is 7.14. The zero-order valence-electron chi connectivity index (χ0n) is 15.5. The van der Waals surface area contributed by atoms with Crippen molar-refractivity contribution in [1.82, 2.24) is 10.3 Å². The van der Waals surface area contributed by atoms with E-state index in [2.05, 4.69) is 39.9 Å². The molecule has 0 saturated carbocycles. The molecule has 1 aliphatic heterocycles. The molecule has 0 radical (unpaired) electrons. The zero-order chi connectivity index (χ0) is 18.6. The van der Waals surface area contributed by atoms with Crippen LogP contribution in [0, 0.1) is 11.3 Å². The number of nitriles is 1. The number of allylic oxidation sites excluding steroid dienone is 3. The zero-order valence-corrected chi connectivity index (χ0v) is 15.5. The summed E-state index contributed by atoms with van der Waals surface area (Å²) in [6.45, 7) is 2.10. The molecule has 5 nitrogen and oxygen atoms in total. The van der Waals surface area contributed by atoms with Gasteiger partial charge in [-0.05, 0) is 61.5 Å². The molecule has 0 bridgehead atoms. The summed E-state index contributed by atoms with van der Waals surface area (Å²) < 4.78 is 5.32. The maximum atomic E-state index is 9.43. The van der Waals surface area contributed by atoms with Crippen LogP contribution in [0.1, 0.15) is 30.7 Å². The van der Waals surface area contributed by atoms with E-state index in [1.165, 1.54) is 10.9 Å². The summed E-state index contributed by atoms with van der Waals surface area (Å²) in [4.78, 5) is 4.32. The predicted octanol–water partition coefficient (Wildman–Crippen LogP) is 3.87. The molecule has 5 heteroatoms. The van der Waals surface area contributed by atoms with Gasteiger partial charge in [-0.3, -0.25) is 4.98 Å². The highest BCUT2D eigenvalue weighted by atomic mass is 16.5. The lowest BCUT2D eigenvalue weighted by Gasteiger charge is -2.26. The van der Waals surface area contributed by atoms with Gasteiger partial charge in [0.25, 0.3) is 0 Å². The Kier molecular flexibility index (Phi) is 5.08. The summed E-state index contributed by atoms with van der Waals surface area (Å²) in [5.74, 6) is 0.844. The number of nitrogens with zero attached hydrogens (tertiary/aromatic N) is 2. The summed E-state index contributed by atoms with van der Waals surface area (Å²) >= 11 is 0. The van der Waals surface area contributed by atoms with Crippen LogP contribution in [0.15, 0.2) is 54.1 Å². The van der Waals surface area contributed by atoms with E-state index >= 15 is 0 Å². The number of hydrogen-bond acceptors (Lipinski definition) is 5. The fraction of sp³-hybridized carbons (Fsp3) is 0.364. The minimum Gasteiger partial charge on any atom is -0.496 e. The molecule has 138 valence electrons. The smallest absolute Gasteiger partial charge is 0.132 e. The van der Waals surface area contributed by atoms with Crippen LogP contribution in [0.3, 0.4) is 0 Å². The lowest BCUT2D eigenvalue weighted by molar-refractivity contribution is 0.299. The Morgan fingerprint density at radius 1 is 1.30 bits per heavy atom. The lowest BCUT2D eigenvalue weighted by Crippen LogP contribution is -2.35. The molecule has 1 saturated heterocycles. The Hall–Kier alpha value is -2.84. The van der Waals surface area contributed by atoms with Crippen LogP contribution in [0.5, 0.6) is 0 Å². The molecule has 27 heavy (non-hydrogen) atoms. The first-order valence-corrected chi connectivity index (χ1v) is 9.50. The Morgan fingerprint density at radius 2 is 2.15 bits per heavy atom. The van der Waals surface area contributed by atoms with Crippen molar-refractivity contribution in [1.29, 1.82) is 5.26 Å². The average molecular weight is 360 g/mol. The van der Waals surface area contributed by atoms with Gasteiger partial charge >= 0.3 is 0 Å². The molecule has 2 heterocycles. The highest BCUT2D eigenvalue weighted by Crippen LogP contribution is 2.35. The Labute approximate surface area is 159 Å². The molecular formula is C22H24N4O. The van der Waals surface area contributed by atoms with Crippen LogP contribution < -0.4 is 10.6 Å². The number of nitrogens with one attached hydrogen (secondary N) is 2. The largest absolute Gasteiger partial charge is 0.496 e. The molecule has 1 unspecified atom stereocenters. The van der Waals surface area contributed by atoms with E-state index in [1.807, 2.05) is 24.5 Å². The van der Waals surface area contributed by atoms with Crippen molar-refractivity contribution >= 4 is 16.5 Å². The minimum atomic E-state index is 0.171. The summed E-state index contributed by atoms with van der Waals surface area (Å²) in [7, 11) is 1.61. The second kappa shape index (κ2) is 7.81. The normalized spacial score (nSPS) is 20.5. The highest BCUT2D eigenvalue weighted by molar-refractivity contribution is 5.94. The van der Waals surface area contributed by atoms with E-state index in [4.69, 9.17) is 4.74 Å². The van der Waals surface area contributed by atoms with Crippen molar-refractivity contribution in [3.05, 3.63) is 59.6 Å². The second-order valence-electron chi connectivity index (χ2n) is 7.14. The topological polar surface area (TPSA) is 70.0 Å². The number of hydrogen-bond donors (Lipinski definition) is 2. The summed E-state index contributed by atoms with van der Waals surface area (Å²) in [5, 5.41) is 18.9. The number of ether oxygens (including phenoxy) is 1. The molecule has 1 atom stereocenters. The van der Waals surface area contributed by atoms with E-state index in [-0.39, 0.29) is 5.92 Å². The van der Waals surface area contributed by atoms with Crippen molar-refractivity contribution in [2.75, 3.05) is 25.5 Å². The lowest BCUT2D eigenvalue weighted by atomic mass is 9.87. The number of benzene rings is 1. The molecular weight excluding hydrogens is 336 g/mol. The SMILES string of the molecule is COC1=CCC(c2cc(NC3CCNCC3)c3cnccc3c2)C=C1C#N. The number of methoxy groups -OCH3 is 1. The fourth-order valence-electron chi connectivity index (χ4n) is 3.95. The molecule has 4 rings (SSSR count). The number of aromatic nitrogens is 1. The van der Waals surface area contributed by atoms with E-state index in [1.54, 1.807) is 7.11 Å². The summed E-state index contributed by atoms with van der Waals surface area (Å²) in [6.07, 6.45) is 10.9. The first-order chi connectivity index (χ1) is 13.3. The van der Waals surface area contributed by atoms with Crippen molar-refractivity contribution in [3.63, 3.8) is 0 Å². The van der Waals surface area contributed by atoms with Crippen LogP contribution in [-0.2, 0) is 4.74 Å². The van der Waals surface area contributed by atoms with Crippen LogP contribution >= 0.6 is 0 Å².